The molecule has 0 radical (unpaired) electrons. The van der Waals surface area contributed by atoms with E-state index in [-0.39, 0.29) is 12.1 Å². The number of rotatable bonds is 1. The molecule has 0 bridgehead atoms. The molecule has 0 saturated carbocycles. The van der Waals surface area contributed by atoms with Gasteiger partial charge in [0.1, 0.15) is 0 Å². The number of hydrogen-bond acceptors (Lipinski definition) is 3. The Hall–Kier alpha value is -0.120. The predicted molar refractivity (Wildman–Crippen MR) is 40.2 cm³/mol. The summed E-state index contributed by atoms with van der Waals surface area (Å²) in [5.74, 6) is 5.65. The van der Waals surface area contributed by atoms with Crippen LogP contribution in [0.2, 0.25) is 0 Å². The fraction of sp³-hybridized carbons (Fsp3) is 1.00. The highest BCUT2D eigenvalue weighted by molar-refractivity contribution is 4.76. The smallest absolute Gasteiger partial charge is 0.0681 e. The first-order chi connectivity index (χ1) is 4.72. The third-order valence-corrected chi connectivity index (χ3v) is 2.15. The Morgan fingerprint density at radius 1 is 1.60 bits per heavy atom. The largest absolute Gasteiger partial charge is 0.392 e. The van der Waals surface area contributed by atoms with Crippen LogP contribution in [-0.4, -0.2) is 28.8 Å². The molecule has 1 saturated heterocycles. The zero-order valence-electron chi connectivity index (χ0n) is 6.45. The third-order valence-electron chi connectivity index (χ3n) is 2.15. The maximum Gasteiger partial charge on any atom is 0.0681 e. The van der Waals surface area contributed by atoms with Gasteiger partial charge in [0.15, 0.2) is 0 Å². The van der Waals surface area contributed by atoms with Crippen LogP contribution in [0.3, 0.4) is 0 Å². The lowest BCUT2D eigenvalue weighted by Crippen LogP contribution is -2.49. The van der Waals surface area contributed by atoms with Crippen LogP contribution < -0.4 is 5.84 Å². The molecule has 0 aromatic rings. The van der Waals surface area contributed by atoms with Gasteiger partial charge < -0.3 is 5.11 Å². The summed E-state index contributed by atoms with van der Waals surface area (Å²) in [6, 6.07) is 0.189. The standard InChI is InChI=1S/C7H16N2O/c1-6(10)7-4-2-3-5-9(7)8/h6-7,10H,2-5,8H2,1H3/t6-,7+/m0/s1. The second-order valence-electron chi connectivity index (χ2n) is 3.04. The van der Waals surface area contributed by atoms with Crippen LogP contribution in [0.4, 0.5) is 0 Å². The highest BCUT2D eigenvalue weighted by atomic mass is 16.3. The Bertz CT molecular complexity index is 106. The van der Waals surface area contributed by atoms with E-state index < -0.39 is 0 Å². The quantitative estimate of drug-likeness (QED) is 0.513. The second-order valence-corrected chi connectivity index (χ2v) is 3.04. The van der Waals surface area contributed by atoms with Crippen molar-refractivity contribution in [1.29, 1.82) is 0 Å². The lowest BCUT2D eigenvalue weighted by Gasteiger charge is -2.33. The van der Waals surface area contributed by atoms with Gasteiger partial charge in [-0.1, -0.05) is 6.42 Å². The lowest BCUT2D eigenvalue weighted by atomic mass is 10.0. The van der Waals surface area contributed by atoms with Gasteiger partial charge in [-0.15, -0.1) is 0 Å². The minimum absolute atomic E-state index is 0.189. The van der Waals surface area contributed by atoms with Crippen molar-refractivity contribution < 1.29 is 5.11 Å². The van der Waals surface area contributed by atoms with E-state index in [9.17, 15) is 5.11 Å². The summed E-state index contributed by atoms with van der Waals surface area (Å²) in [4.78, 5) is 0. The molecular weight excluding hydrogens is 128 g/mol. The molecule has 1 heterocycles. The highest BCUT2D eigenvalue weighted by Crippen LogP contribution is 2.15. The summed E-state index contributed by atoms with van der Waals surface area (Å²) in [7, 11) is 0. The van der Waals surface area contributed by atoms with Crippen LogP contribution in [0.15, 0.2) is 0 Å². The topological polar surface area (TPSA) is 49.5 Å². The van der Waals surface area contributed by atoms with Gasteiger partial charge in [-0.2, -0.15) is 0 Å². The van der Waals surface area contributed by atoms with Gasteiger partial charge in [-0.3, -0.25) is 5.84 Å². The monoisotopic (exact) mass is 144 g/mol. The molecule has 3 nitrogen and oxygen atoms in total. The molecule has 0 aromatic heterocycles. The van der Waals surface area contributed by atoms with E-state index >= 15 is 0 Å². The van der Waals surface area contributed by atoms with Crippen molar-refractivity contribution in [2.75, 3.05) is 6.54 Å². The Balaban J connectivity index is 2.40. The lowest BCUT2D eigenvalue weighted by molar-refractivity contribution is 0.0364. The number of aliphatic hydroxyl groups excluding tert-OH is 1. The van der Waals surface area contributed by atoms with Crippen molar-refractivity contribution in [1.82, 2.24) is 5.01 Å². The fourth-order valence-corrected chi connectivity index (χ4v) is 1.50. The highest BCUT2D eigenvalue weighted by Gasteiger charge is 2.23. The number of hydrazine groups is 1. The van der Waals surface area contributed by atoms with Gasteiger partial charge in [-0.05, 0) is 19.8 Å². The molecule has 0 amide bonds. The maximum absolute atomic E-state index is 9.23. The van der Waals surface area contributed by atoms with E-state index in [2.05, 4.69) is 0 Å². The van der Waals surface area contributed by atoms with Crippen LogP contribution in [-0.2, 0) is 0 Å². The SMILES string of the molecule is C[C@H](O)[C@H]1CCCCN1N. The molecule has 1 aliphatic heterocycles. The van der Waals surface area contributed by atoms with Crippen molar-refractivity contribution in [3.8, 4) is 0 Å². The van der Waals surface area contributed by atoms with Gasteiger partial charge in [0.25, 0.3) is 0 Å². The molecule has 1 aliphatic rings. The average molecular weight is 144 g/mol. The Kier molecular flexibility index (Phi) is 2.65. The first-order valence-corrected chi connectivity index (χ1v) is 3.91. The van der Waals surface area contributed by atoms with E-state index in [1.54, 1.807) is 11.9 Å². The third kappa shape index (κ3) is 1.68. The van der Waals surface area contributed by atoms with Crippen molar-refractivity contribution in [3.63, 3.8) is 0 Å². The molecule has 0 aromatic carbocycles. The normalized spacial score (nSPS) is 32.1. The van der Waals surface area contributed by atoms with Gasteiger partial charge in [0.05, 0.1) is 6.10 Å². The predicted octanol–water partition coefficient (Wildman–Crippen LogP) is 0.0954. The van der Waals surface area contributed by atoms with Gasteiger partial charge >= 0.3 is 0 Å². The first kappa shape index (κ1) is 7.98. The van der Waals surface area contributed by atoms with Gasteiger partial charge in [0, 0.05) is 12.6 Å². The molecule has 0 unspecified atom stereocenters. The molecule has 2 atom stereocenters. The van der Waals surface area contributed by atoms with E-state index in [4.69, 9.17) is 5.84 Å². The molecule has 1 fully saturated rings. The Morgan fingerprint density at radius 3 is 2.70 bits per heavy atom. The Labute approximate surface area is 61.8 Å². The van der Waals surface area contributed by atoms with E-state index in [1.165, 1.54) is 12.8 Å². The van der Waals surface area contributed by atoms with Crippen LogP contribution in [0.5, 0.6) is 0 Å². The number of hydrogen-bond donors (Lipinski definition) is 2. The van der Waals surface area contributed by atoms with E-state index in [1.807, 2.05) is 0 Å². The van der Waals surface area contributed by atoms with E-state index in [0.29, 0.717) is 0 Å². The minimum atomic E-state index is -0.287. The van der Waals surface area contributed by atoms with Crippen molar-refractivity contribution in [2.24, 2.45) is 5.84 Å². The van der Waals surface area contributed by atoms with Gasteiger partial charge in [-0.25, -0.2) is 5.01 Å². The molecule has 3 heteroatoms. The zero-order valence-corrected chi connectivity index (χ0v) is 6.45. The first-order valence-electron chi connectivity index (χ1n) is 3.91. The van der Waals surface area contributed by atoms with Crippen molar-refractivity contribution >= 4 is 0 Å². The van der Waals surface area contributed by atoms with Crippen LogP contribution >= 0.6 is 0 Å². The Morgan fingerprint density at radius 2 is 2.30 bits per heavy atom. The van der Waals surface area contributed by atoms with Gasteiger partial charge in [0.2, 0.25) is 0 Å². The van der Waals surface area contributed by atoms with Crippen LogP contribution in [0, 0.1) is 0 Å². The van der Waals surface area contributed by atoms with Crippen LogP contribution in [0.1, 0.15) is 26.2 Å². The molecule has 0 aliphatic carbocycles. The second kappa shape index (κ2) is 3.32. The zero-order chi connectivity index (χ0) is 7.56. The molecule has 3 N–H and O–H groups in total. The van der Waals surface area contributed by atoms with Crippen molar-refractivity contribution in [2.45, 2.75) is 38.3 Å². The molecule has 1 rings (SSSR count). The maximum atomic E-state index is 9.23. The summed E-state index contributed by atoms with van der Waals surface area (Å²) in [5.41, 5.74) is 0. The van der Waals surface area contributed by atoms with E-state index in [0.717, 1.165) is 13.0 Å². The molecule has 60 valence electrons. The number of nitrogens with zero attached hydrogens (tertiary/aromatic N) is 1. The molecule has 0 spiro atoms. The number of aliphatic hydroxyl groups is 1. The van der Waals surface area contributed by atoms with Crippen molar-refractivity contribution in [3.05, 3.63) is 0 Å². The fourth-order valence-electron chi connectivity index (χ4n) is 1.50. The number of piperidine rings is 1. The molecule has 10 heavy (non-hydrogen) atoms. The summed E-state index contributed by atoms with van der Waals surface area (Å²) in [5, 5.41) is 11.0. The summed E-state index contributed by atoms with van der Waals surface area (Å²) in [6.07, 6.45) is 3.11. The summed E-state index contributed by atoms with van der Waals surface area (Å²) in [6.45, 7) is 2.73. The minimum Gasteiger partial charge on any atom is -0.392 e. The number of nitrogens with two attached hydrogens (primary N) is 1. The summed E-state index contributed by atoms with van der Waals surface area (Å²) >= 11 is 0. The summed E-state index contributed by atoms with van der Waals surface area (Å²) < 4.78 is 0. The van der Waals surface area contributed by atoms with Crippen LogP contribution in [0.25, 0.3) is 0 Å². The molecular formula is C7H16N2O. The average Bonchev–Trinajstić information content (AvgIpc) is 1.88.